The third-order valence-electron chi connectivity index (χ3n) is 3.50. The summed E-state index contributed by atoms with van der Waals surface area (Å²) in [4.78, 5) is 25.9. The lowest BCUT2D eigenvalue weighted by atomic mass is 9.95. The highest BCUT2D eigenvalue weighted by molar-refractivity contribution is 5.98. The normalized spacial score (nSPS) is 18.7. The van der Waals surface area contributed by atoms with Crippen molar-refractivity contribution in [2.75, 3.05) is 18.4 Å². The average molecular weight is 290 g/mol. The molecule has 2 N–H and O–H groups in total. The SMILES string of the molecule is CC(C)(C)C(=O)Nc1cccc(C(=O)N2CC[C@H](O)C2)c1. The van der Waals surface area contributed by atoms with Crippen LogP contribution in [0.15, 0.2) is 24.3 Å². The summed E-state index contributed by atoms with van der Waals surface area (Å²) in [7, 11) is 0. The molecule has 1 fully saturated rings. The van der Waals surface area contributed by atoms with Crippen LogP contribution in [-0.2, 0) is 4.79 Å². The van der Waals surface area contributed by atoms with Crippen LogP contribution in [0.4, 0.5) is 5.69 Å². The molecule has 1 heterocycles. The molecule has 1 aromatic carbocycles. The molecular weight excluding hydrogens is 268 g/mol. The first-order valence-corrected chi connectivity index (χ1v) is 7.16. The number of likely N-dealkylation sites (tertiary alicyclic amines) is 1. The van der Waals surface area contributed by atoms with E-state index in [1.54, 1.807) is 29.2 Å². The molecule has 114 valence electrons. The summed E-state index contributed by atoms with van der Waals surface area (Å²) in [5.74, 6) is -0.206. The van der Waals surface area contributed by atoms with Gasteiger partial charge in [0.25, 0.3) is 5.91 Å². The van der Waals surface area contributed by atoms with Crippen molar-refractivity contribution in [1.82, 2.24) is 4.90 Å². The van der Waals surface area contributed by atoms with Crippen molar-refractivity contribution in [3.63, 3.8) is 0 Å². The highest BCUT2D eigenvalue weighted by atomic mass is 16.3. The maximum absolute atomic E-state index is 12.3. The number of nitrogens with zero attached hydrogens (tertiary/aromatic N) is 1. The number of hydrogen-bond donors (Lipinski definition) is 2. The largest absolute Gasteiger partial charge is 0.391 e. The van der Waals surface area contributed by atoms with Crippen LogP contribution in [0.3, 0.4) is 0 Å². The number of benzene rings is 1. The van der Waals surface area contributed by atoms with Crippen molar-refractivity contribution in [3.05, 3.63) is 29.8 Å². The summed E-state index contributed by atoms with van der Waals surface area (Å²) in [5, 5.41) is 12.3. The van der Waals surface area contributed by atoms with Crippen molar-refractivity contribution in [1.29, 1.82) is 0 Å². The highest BCUT2D eigenvalue weighted by Gasteiger charge is 2.26. The molecule has 0 aromatic heterocycles. The number of carbonyl (C=O) groups is 2. The second kappa shape index (κ2) is 5.85. The van der Waals surface area contributed by atoms with Crippen molar-refractivity contribution in [3.8, 4) is 0 Å². The molecule has 5 heteroatoms. The Hall–Kier alpha value is -1.88. The molecular formula is C16H22N2O3. The minimum atomic E-state index is -0.487. The topological polar surface area (TPSA) is 69.6 Å². The van der Waals surface area contributed by atoms with Crippen LogP contribution in [0.1, 0.15) is 37.6 Å². The number of anilines is 1. The molecule has 1 saturated heterocycles. The number of hydrogen-bond acceptors (Lipinski definition) is 3. The average Bonchev–Trinajstić information content (AvgIpc) is 2.84. The van der Waals surface area contributed by atoms with Crippen LogP contribution >= 0.6 is 0 Å². The summed E-state index contributed by atoms with van der Waals surface area (Å²) < 4.78 is 0. The summed E-state index contributed by atoms with van der Waals surface area (Å²) >= 11 is 0. The first-order chi connectivity index (χ1) is 9.77. The van der Waals surface area contributed by atoms with Gasteiger partial charge in [-0.1, -0.05) is 26.8 Å². The molecule has 1 atom stereocenters. The number of carbonyl (C=O) groups excluding carboxylic acids is 2. The molecule has 21 heavy (non-hydrogen) atoms. The number of amides is 2. The Morgan fingerprint density at radius 3 is 2.62 bits per heavy atom. The van der Waals surface area contributed by atoms with Gasteiger partial charge in [-0.25, -0.2) is 0 Å². The molecule has 0 spiro atoms. The van der Waals surface area contributed by atoms with Gasteiger partial charge in [0, 0.05) is 29.8 Å². The van der Waals surface area contributed by atoms with Gasteiger partial charge in [-0.3, -0.25) is 9.59 Å². The highest BCUT2D eigenvalue weighted by Crippen LogP contribution is 2.20. The Morgan fingerprint density at radius 2 is 2.05 bits per heavy atom. The Bertz CT molecular complexity index is 549. The molecule has 1 aliphatic heterocycles. The lowest BCUT2D eigenvalue weighted by Crippen LogP contribution is -2.30. The standard InChI is InChI=1S/C16H22N2O3/c1-16(2,3)15(21)17-12-6-4-5-11(9-12)14(20)18-8-7-13(19)10-18/h4-6,9,13,19H,7-8,10H2,1-3H3,(H,17,21)/t13-/m0/s1. The molecule has 0 radical (unpaired) electrons. The van der Waals surface area contributed by atoms with Gasteiger partial charge < -0.3 is 15.3 Å². The predicted molar refractivity (Wildman–Crippen MR) is 81.1 cm³/mol. The molecule has 0 aliphatic carbocycles. The first kappa shape index (κ1) is 15.5. The summed E-state index contributed by atoms with van der Waals surface area (Å²) in [5.41, 5.74) is 0.648. The minimum Gasteiger partial charge on any atom is -0.391 e. The second-order valence-corrected chi connectivity index (χ2v) is 6.48. The van der Waals surface area contributed by atoms with Gasteiger partial charge in [-0.15, -0.1) is 0 Å². The Labute approximate surface area is 125 Å². The van der Waals surface area contributed by atoms with E-state index in [2.05, 4.69) is 5.32 Å². The van der Waals surface area contributed by atoms with Crippen LogP contribution < -0.4 is 5.32 Å². The molecule has 2 amide bonds. The van der Waals surface area contributed by atoms with E-state index in [0.717, 1.165) is 0 Å². The van der Waals surface area contributed by atoms with Crippen molar-refractivity contribution < 1.29 is 14.7 Å². The van der Waals surface area contributed by atoms with Gasteiger partial charge in [0.2, 0.25) is 5.91 Å². The maximum atomic E-state index is 12.3. The third-order valence-corrected chi connectivity index (χ3v) is 3.50. The zero-order chi connectivity index (χ0) is 15.6. The van der Waals surface area contributed by atoms with E-state index in [1.165, 1.54) is 0 Å². The quantitative estimate of drug-likeness (QED) is 0.873. The molecule has 0 bridgehead atoms. The van der Waals surface area contributed by atoms with E-state index in [1.807, 2.05) is 20.8 Å². The molecule has 1 aromatic rings. The van der Waals surface area contributed by atoms with E-state index >= 15 is 0 Å². The number of aliphatic hydroxyl groups excluding tert-OH is 1. The smallest absolute Gasteiger partial charge is 0.254 e. The summed E-state index contributed by atoms with van der Waals surface area (Å²) in [6.07, 6.45) is 0.185. The molecule has 2 rings (SSSR count). The van der Waals surface area contributed by atoms with E-state index < -0.39 is 11.5 Å². The fourth-order valence-corrected chi connectivity index (χ4v) is 2.16. The van der Waals surface area contributed by atoms with E-state index in [0.29, 0.717) is 30.8 Å². The van der Waals surface area contributed by atoms with Gasteiger partial charge in [0.15, 0.2) is 0 Å². The van der Waals surface area contributed by atoms with Gasteiger partial charge in [-0.2, -0.15) is 0 Å². The molecule has 5 nitrogen and oxygen atoms in total. The second-order valence-electron chi connectivity index (χ2n) is 6.48. The molecule has 0 unspecified atom stereocenters. The van der Waals surface area contributed by atoms with E-state index in [4.69, 9.17) is 0 Å². The number of aliphatic hydroxyl groups is 1. The lowest BCUT2D eigenvalue weighted by Gasteiger charge is -2.19. The van der Waals surface area contributed by atoms with Crippen LogP contribution in [0.5, 0.6) is 0 Å². The van der Waals surface area contributed by atoms with Crippen molar-refractivity contribution in [2.24, 2.45) is 5.41 Å². The van der Waals surface area contributed by atoms with E-state index in [9.17, 15) is 14.7 Å². The minimum absolute atomic E-state index is 0.0938. The Morgan fingerprint density at radius 1 is 1.33 bits per heavy atom. The van der Waals surface area contributed by atoms with Gasteiger partial charge in [0.1, 0.15) is 0 Å². The van der Waals surface area contributed by atoms with Gasteiger partial charge in [0.05, 0.1) is 6.10 Å². The van der Waals surface area contributed by atoms with Crippen LogP contribution in [0.2, 0.25) is 0 Å². The van der Waals surface area contributed by atoms with Crippen molar-refractivity contribution in [2.45, 2.75) is 33.3 Å². The zero-order valence-electron chi connectivity index (χ0n) is 12.7. The maximum Gasteiger partial charge on any atom is 0.254 e. The Kier molecular flexibility index (Phi) is 4.32. The fraction of sp³-hybridized carbons (Fsp3) is 0.500. The first-order valence-electron chi connectivity index (χ1n) is 7.16. The van der Waals surface area contributed by atoms with Gasteiger partial charge >= 0.3 is 0 Å². The predicted octanol–water partition coefficient (Wildman–Crippen LogP) is 1.88. The lowest BCUT2D eigenvalue weighted by molar-refractivity contribution is -0.123. The number of β-amino-alcohol motifs (C(OH)–C–C–N with tert-alkyl or cyclic N) is 1. The van der Waals surface area contributed by atoms with Crippen LogP contribution in [-0.4, -0.2) is 41.0 Å². The van der Waals surface area contributed by atoms with Crippen LogP contribution in [0.25, 0.3) is 0 Å². The summed E-state index contributed by atoms with van der Waals surface area (Å²) in [6, 6.07) is 6.91. The summed E-state index contributed by atoms with van der Waals surface area (Å²) in [6.45, 7) is 6.45. The van der Waals surface area contributed by atoms with Crippen molar-refractivity contribution >= 4 is 17.5 Å². The van der Waals surface area contributed by atoms with E-state index in [-0.39, 0.29) is 11.8 Å². The molecule has 0 saturated carbocycles. The molecule has 1 aliphatic rings. The Balaban J connectivity index is 2.11. The third kappa shape index (κ3) is 3.82. The van der Waals surface area contributed by atoms with Gasteiger partial charge in [-0.05, 0) is 24.6 Å². The number of nitrogens with one attached hydrogen (secondary N) is 1. The monoisotopic (exact) mass is 290 g/mol. The zero-order valence-corrected chi connectivity index (χ0v) is 12.7. The number of rotatable bonds is 2. The van der Waals surface area contributed by atoms with Crippen LogP contribution in [0, 0.1) is 5.41 Å². The fourth-order valence-electron chi connectivity index (χ4n) is 2.16.